The molecule has 18 heavy (non-hydrogen) atoms. The van der Waals surface area contributed by atoms with E-state index in [0.29, 0.717) is 19.1 Å². The van der Waals surface area contributed by atoms with E-state index in [4.69, 9.17) is 9.47 Å². The summed E-state index contributed by atoms with van der Waals surface area (Å²) in [6.07, 6.45) is 4.91. The van der Waals surface area contributed by atoms with Gasteiger partial charge >= 0.3 is 0 Å². The second kappa shape index (κ2) is 7.07. The Morgan fingerprint density at radius 3 is 3.11 bits per heavy atom. The van der Waals surface area contributed by atoms with Gasteiger partial charge < -0.3 is 14.4 Å². The van der Waals surface area contributed by atoms with Crippen molar-refractivity contribution in [2.75, 3.05) is 44.9 Å². The van der Waals surface area contributed by atoms with Crippen LogP contribution in [0.1, 0.15) is 6.42 Å². The molecular weight excluding hydrogens is 296 g/mol. The van der Waals surface area contributed by atoms with E-state index in [-0.39, 0.29) is 0 Å². The summed E-state index contributed by atoms with van der Waals surface area (Å²) in [4.78, 5) is 6.57. The van der Waals surface area contributed by atoms with E-state index < -0.39 is 0 Å². The van der Waals surface area contributed by atoms with Crippen LogP contribution in [0.3, 0.4) is 0 Å². The molecule has 4 nitrogen and oxygen atoms in total. The zero-order valence-corrected chi connectivity index (χ0v) is 12.2. The van der Waals surface area contributed by atoms with Crippen molar-refractivity contribution in [2.24, 2.45) is 5.92 Å². The van der Waals surface area contributed by atoms with E-state index in [1.807, 2.05) is 12.4 Å². The molecule has 0 radical (unpaired) electrons. The molecule has 2 rings (SSSR count). The van der Waals surface area contributed by atoms with Crippen molar-refractivity contribution in [1.29, 1.82) is 0 Å². The third-order valence-corrected chi connectivity index (χ3v) is 3.56. The average molecular weight is 315 g/mol. The number of nitrogens with zero attached hydrogens (tertiary/aromatic N) is 2. The summed E-state index contributed by atoms with van der Waals surface area (Å²) in [6, 6.07) is 2.11. The van der Waals surface area contributed by atoms with Gasteiger partial charge in [-0.25, -0.2) is 0 Å². The number of anilines is 1. The Morgan fingerprint density at radius 2 is 2.33 bits per heavy atom. The van der Waals surface area contributed by atoms with Gasteiger partial charge in [-0.1, -0.05) is 0 Å². The SMILES string of the molecule is COCCOCC1CCN(c2cncc(Br)c2)C1. The zero-order chi connectivity index (χ0) is 12.8. The number of rotatable bonds is 6. The first-order valence-electron chi connectivity index (χ1n) is 6.22. The van der Waals surface area contributed by atoms with Gasteiger partial charge in [-0.05, 0) is 28.4 Å². The summed E-state index contributed by atoms with van der Waals surface area (Å²) in [7, 11) is 1.70. The van der Waals surface area contributed by atoms with Crippen molar-refractivity contribution in [2.45, 2.75) is 6.42 Å². The highest BCUT2D eigenvalue weighted by Crippen LogP contribution is 2.25. The first-order chi connectivity index (χ1) is 8.79. The molecule has 1 fully saturated rings. The highest BCUT2D eigenvalue weighted by molar-refractivity contribution is 9.10. The van der Waals surface area contributed by atoms with Crippen LogP contribution in [0.25, 0.3) is 0 Å². The molecule has 0 amide bonds. The summed E-state index contributed by atoms with van der Waals surface area (Å²) in [6.45, 7) is 4.31. The molecule has 0 aromatic carbocycles. The summed E-state index contributed by atoms with van der Waals surface area (Å²) in [5.74, 6) is 0.612. The number of halogens is 1. The highest BCUT2D eigenvalue weighted by Gasteiger charge is 2.23. The number of aromatic nitrogens is 1. The topological polar surface area (TPSA) is 34.6 Å². The minimum Gasteiger partial charge on any atom is -0.382 e. The Labute approximate surface area is 116 Å². The molecule has 1 saturated heterocycles. The fourth-order valence-electron chi connectivity index (χ4n) is 2.17. The second-order valence-electron chi connectivity index (χ2n) is 4.53. The van der Waals surface area contributed by atoms with Crippen LogP contribution < -0.4 is 4.90 Å². The van der Waals surface area contributed by atoms with E-state index >= 15 is 0 Å². The lowest BCUT2D eigenvalue weighted by atomic mass is 10.1. The molecule has 0 saturated carbocycles. The van der Waals surface area contributed by atoms with Crippen molar-refractivity contribution in [3.8, 4) is 0 Å². The maximum absolute atomic E-state index is 5.59. The first-order valence-corrected chi connectivity index (χ1v) is 7.01. The maximum atomic E-state index is 5.59. The van der Waals surface area contributed by atoms with Crippen molar-refractivity contribution < 1.29 is 9.47 Å². The third kappa shape index (κ3) is 3.93. The number of methoxy groups -OCH3 is 1. The van der Waals surface area contributed by atoms with Gasteiger partial charge in [0.2, 0.25) is 0 Å². The molecule has 2 heterocycles. The van der Waals surface area contributed by atoms with Crippen molar-refractivity contribution in [3.63, 3.8) is 0 Å². The third-order valence-electron chi connectivity index (χ3n) is 3.13. The molecule has 1 aliphatic heterocycles. The van der Waals surface area contributed by atoms with Gasteiger partial charge in [0, 0.05) is 36.8 Å². The van der Waals surface area contributed by atoms with Crippen LogP contribution in [0.2, 0.25) is 0 Å². The van der Waals surface area contributed by atoms with Crippen molar-refractivity contribution >= 4 is 21.6 Å². The Kier molecular flexibility index (Phi) is 5.41. The first kappa shape index (κ1) is 13.8. The van der Waals surface area contributed by atoms with E-state index in [0.717, 1.165) is 24.2 Å². The monoisotopic (exact) mass is 314 g/mol. The summed E-state index contributed by atoms with van der Waals surface area (Å²) in [5, 5.41) is 0. The Bertz CT molecular complexity index is 376. The number of hydrogen-bond acceptors (Lipinski definition) is 4. The van der Waals surface area contributed by atoms with Crippen LogP contribution in [0, 0.1) is 5.92 Å². The van der Waals surface area contributed by atoms with Gasteiger partial charge in [-0.2, -0.15) is 0 Å². The Balaban J connectivity index is 1.78. The van der Waals surface area contributed by atoms with Gasteiger partial charge in [0.05, 0.1) is 31.7 Å². The van der Waals surface area contributed by atoms with E-state index in [2.05, 4.69) is 31.9 Å². The number of hydrogen-bond donors (Lipinski definition) is 0. The molecule has 100 valence electrons. The van der Waals surface area contributed by atoms with Crippen LogP contribution in [0.15, 0.2) is 22.9 Å². The molecule has 0 bridgehead atoms. The molecular formula is C13H19BrN2O2. The summed E-state index contributed by atoms with van der Waals surface area (Å²) < 4.78 is 11.6. The summed E-state index contributed by atoms with van der Waals surface area (Å²) in [5.41, 5.74) is 1.18. The Hall–Kier alpha value is -0.650. The van der Waals surface area contributed by atoms with Crippen LogP contribution in [-0.4, -0.2) is 45.0 Å². The minimum absolute atomic E-state index is 0.612. The van der Waals surface area contributed by atoms with Crippen molar-refractivity contribution in [3.05, 3.63) is 22.9 Å². The lowest BCUT2D eigenvalue weighted by molar-refractivity contribution is 0.0549. The fraction of sp³-hybridized carbons (Fsp3) is 0.615. The average Bonchev–Trinajstić information content (AvgIpc) is 2.83. The molecule has 1 aliphatic rings. The van der Waals surface area contributed by atoms with Crippen molar-refractivity contribution in [1.82, 2.24) is 4.98 Å². The standard InChI is InChI=1S/C13H19BrN2O2/c1-17-4-5-18-10-11-2-3-16(9-11)13-6-12(14)7-15-8-13/h6-8,11H,2-5,9-10H2,1H3. The van der Waals surface area contributed by atoms with Gasteiger partial charge in [-0.3, -0.25) is 4.98 Å². The van der Waals surface area contributed by atoms with Crippen LogP contribution >= 0.6 is 15.9 Å². The lowest BCUT2D eigenvalue weighted by Gasteiger charge is -2.18. The summed E-state index contributed by atoms with van der Waals surface area (Å²) >= 11 is 3.46. The van der Waals surface area contributed by atoms with Gasteiger partial charge in [0.15, 0.2) is 0 Å². The minimum atomic E-state index is 0.612. The van der Waals surface area contributed by atoms with E-state index in [1.165, 1.54) is 12.1 Å². The van der Waals surface area contributed by atoms with Crippen LogP contribution in [-0.2, 0) is 9.47 Å². The molecule has 0 aliphatic carbocycles. The molecule has 1 aromatic heterocycles. The van der Waals surface area contributed by atoms with Gasteiger partial charge in [0.1, 0.15) is 0 Å². The maximum Gasteiger partial charge on any atom is 0.0700 e. The largest absolute Gasteiger partial charge is 0.382 e. The van der Waals surface area contributed by atoms with E-state index in [9.17, 15) is 0 Å². The quantitative estimate of drug-likeness (QED) is 0.755. The fourth-order valence-corrected chi connectivity index (χ4v) is 2.52. The molecule has 1 atom stereocenters. The predicted molar refractivity (Wildman–Crippen MR) is 75.0 cm³/mol. The molecule has 1 aromatic rings. The van der Waals surface area contributed by atoms with Gasteiger partial charge in [0.25, 0.3) is 0 Å². The van der Waals surface area contributed by atoms with Crippen LogP contribution in [0.4, 0.5) is 5.69 Å². The molecule has 5 heteroatoms. The number of pyridine rings is 1. The smallest absolute Gasteiger partial charge is 0.0700 e. The Morgan fingerprint density at radius 1 is 1.44 bits per heavy atom. The molecule has 1 unspecified atom stereocenters. The molecule has 0 N–H and O–H groups in total. The lowest BCUT2D eigenvalue weighted by Crippen LogP contribution is -2.21. The number of ether oxygens (including phenoxy) is 2. The van der Waals surface area contributed by atoms with Crippen LogP contribution in [0.5, 0.6) is 0 Å². The second-order valence-corrected chi connectivity index (χ2v) is 5.45. The van der Waals surface area contributed by atoms with Gasteiger partial charge in [-0.15, -0.1) is 0 Å². The highest BCUT2D eigenvalue weighted by atomic mass is 79.9. The van der Waals surface area contributed by atoms with E-state index in [1.54, 1.807) is 7.11 Å². The normalized spacial score (nSPS) is 19.4. The zero-order valence-electron chi connectivity index (χ0n) is 10.6. The predicted octanol–water partition coefficient (Wildman–Crippen LogP) is 2.33. The molecule has 0 spiro atoms.